The number of hydrogen-bond donors (Lipinski definition) is 1. The van der Waals surface area contributed by atoms with E-state index in [1.165, 1.54) is 31.5 Å². The molecule has 3 rings (SSSR count). The Balaban J connectivity index is 1.78. The van der Waals surface area contributed by atoms with Gasteiger partial charge in [-0.1, -0.05) is 6.92 Å². The zero-order valence-corrected chi connectivity index (χ0v) is 13.5. The van der Waals surface area contributed by atoms with Gasteiger partial charge < -0.3 is 10.2 Å². The smallest absolute Gasteiger partial charge is 0.129 e. The second-order valence-corrected chi connectivity index (χ2v) is 6.52. The summed E-state index contributed by atoms with van der Waals surface area (Å²) in [5.74, 6) is 1.15. The van der Waals surface area contributed by atoms with E-state index in [1.807, 2.05) is 6.20 Å². The molecule has 0 radical (unpaired) electrons. The minimum absolute atomic E-state index is 0.389. The van der Waals surface area contributed by atoms with Crippen LogP contribution < -0.4 is 10.2 Å². The molecule has 0 spiro atoms. The summed E-state index contributed by atoms with van der Waals surface area (Å²) in [5, 5.41) is 3.49. The molecule has 0 bridgehead atoms. The average Bonchev–Trinajstić information content (AvgIpc) is 2.94. The van der Waals surface area contributed by atoms with Crippen molar-refractivity contribution in [2.24, 2.45) is 0 Å². The quantitative estimate of drug-likeness (QED) is 0.922. The molecule has 2 aliphatic rings. The van der Waals surface area contributed by atoms with Crippen molar-refractivity contribution in [3.8, 4) is 0 Å². The van der Waals surface area contributed by atoms with Crippen LogP contribution in [0.5, 0.6) is 0 Å². The summed E-state index contributed by atoms with van der Waals surface area (Å²) >= 11 is 0. The number of nitrogens with one attached hydrogen (secondary N) is 1. The molecule has 4 heteroatoms. The highest BCUT2D eigenvalue weighted by atomic mass is 15.3. The fourth-order valence-electron chi connectivity index (χ4n) is 3.79. The first kappa shape index (κ1) is 14.8. The first-order chi connectivity index (χ1) is 10.2. The topological polar surface area (TPSA) is 31.4 Å². The van der Waals surface area contributed by atoms with Crippen molar-refractivity contribution >= 4 is 5.82 Å². The summed E-state index contributed by atoms with van der Waals surface area (Å²) < 4.78 is 0. The Morgan fingerprint density at radius 1 is 1.43 bits per heavy atom. The molecule has 3 heterocycles. The fourth-order valence-corrected chi connectivity index (χ4v) is 3.79. The van der Waals surface area contributed by atoms with E-state index in [-0.39, 0.29) is 0 Å². The Morgan fingerprint density at radius 3 is 3.10 bits per heavy atom. The van der Waals surface area contributed by atoms with Crippen LogP contribution in [0.4, 0.5) is 5.82 Å². The number of pyridine rings is 1. The standard InChI is InChI=1S/C17H28N4/c1-4-18-14(3)15-7-8-19-17(10-15)21-12-16-6-5-9-20(16)11-13(21)2/h7-8,10,13-14,16,18H,4-6,9,11-12H2,1-3H3. The zero-order chi connectivity index (χ0) is 14.8. The normalized spacial score (nSPS) is 27.7. The molecule has 2 aliphatic heterocycles. The van der Waals surface area contributed by atoms with Gasteiger partial charge in [-0.15, -0.1) is 0 Å². The van der Waals surface area contributed by atoms with Crippen molar-refractivity contribution in [2.45, 2.75) is 51.7 Å². The second kappa shape index (κ2) is 6.32. The van der Waals surface area contributed by atoms with Gasteiger partial charge in [0.05, 0.1) is 0 Å². The van der Waals surface area contributed by atoms with E-state index < -0.39 is 0 Å². The van der Waals surface area contributed by atoms with Crippen LogP contribution in [0.2, 0.25) is 0 Å². The molecule has 1 N–H and O–H groups in total. The highest BCUT2D eigenvalue weighted by molar-refractivity contribution is 5.44. The maximum absolute atomic E-state index is 4.65. The summed E-state index contributed by atoms with van der Waals surface area (Å²) in [5.41, 5.74) is 1.34. The van der Waals surface area contributed by atoms with Crippen LogP contribution in [0.15, 0.2) is 18.3 Å². The van der Waals surface area contributed by atoms with Crippen molar-refractivity contribution in [1.29, 1.82) is 0 Å². The maximum Gasteiger partial charge on any atom is 0.129 e. The Kier molecular flexibility index (Phi) is 4.45. The van der Waals surface area contributed by atoms with Crippen LogP contribution in [0.1, 0.15) is 45.2 Å². The van der Waals surface area contributed by atoms with Gasteiger partial charge in [0, 0.05) is 37.4 Å². The molecule has 1 aromatic heterocycles. The molecular formula is C17H28N4. The van der Waals surface area contributed by atoms with Gasteiger partial charge >= 0.3 is 0 Å². The molecule has 2 fully saturated rings. The van der Waals surface area contributed by atoms with Crippen molar-refractivity contribution in [2.75, 3.05) is 31.1 Å². The highest BCUT2D eigenvalue weighted by Gasteiger charge is 2.34. The molecule has 0 amide bonds. The van der Waals surface area contributed by atoms with E-state index in [1.54, 1.807) is 0 Å². The Hall–Kier alpha value is -1.13. The van der Waals surface area contributed by atoms with Gasteiger partial charge in [0.1, 0.15) is 5.82 Å². The van der Waals surface area contributed by atoms with Gasteiger partial charge in [0.25, 0.3) is 0 Å². The Morgan fingerprint density at radius 2 is 2.29 bits per heavy atom. The lowest BCUT2D eigenvalue weighted by Crippen LogP contribution is -2.55. The van der Waals surface area contributed by atoms with E-state index in [4.69, 9.17) is 0 Å². The number of anilines is 1. The van der Waals surface area contributed by atoms with Crippen LogP contribution in [0.25, 0.3) is 0 Å². The van der Waals surface area contributed by atoms with Gasteiger partial charge in [0.2, 0.25) is 0 Å². The minimum Gasteiger partial charge on any atom is -0.351 e. The summed E-state index contributed by atoms with van der Waals surface area (Å²) in [6, 6.07) is 6.08. The number of aromatic nitrogens is 1. The molecule has 116 valence electrons. The van der Waals surface area contributed by atoms with E-state index in [2.05, 4.69) is 53.0 Å². The number of nitrogens with zero attached hydrogens (tertiary/aromatic N) is 3. The van der Waals surface area contributed by atoms with Crippen LogP contribution >= 0.6 is 0 Å². The van der Waals surface area contributed by atoms with Gasteiger partial charge in [0.15, 0.2) is 0 Å². The molecule has 21 heavy (non-hydrogen) atoms. The Labute approximate surface area is 128 Å². The Bertz CT molecular complexity index is 476. The zero-order valence-electron chi connectivity index (χ0n) is 13.5. The largest absolute Gasteiger partial charge is 0.351 e. The number of hydrogen-bond acceptors (Lipinski definition) is 4. The molecule has 4 nitrogen and oxygen atoms in total. The monoisotopic (exact) mass is 288 g/mol. The first-order valence-electron chi connectivity index (χ1n) is 8.39. The van der Waals surface area contributed by atoms with Gasteiger partial charge in [-0.2, -0.15) is 0 Å². The van der Waals surface area contributed by atoms with E-state index in [0.717, 1.165) is 24.9 Å². The van der Waals surface area contributed by atoms with Crippen LogP contribution in [-0.2, 0) is 0 Å². The third-order valence-corrected chi connectivity index (χ3v) is 5.01. The lowest BCUT2D eigenvalue weighted by atomic mass is 10.1. The third kappa shape index (κ3) is 3.06. The average molecular weight is 288 g/mol. The van der Waals surface area contributed by atoms with Crippen LogP contribution in [0, 0.1) is 0 Å². The van der Waals surface area contributed by atoms with Crippen LogP contribution in [0.3, 0.4) is 0 Å². The first-order valence-corrected chi connectivity index (χ1v) is 8.39. The van der Waals surface area contributed by atoms with E-state index in [9.17, 15) is 0 Å². The molecule has 1 aromatic rings. The van der Waals surface area contributed by atoms with Crippen molar-refractivity contribution in [1.82, 2.24) is 15.2 Å². The van der Waals surface area contributed by atoms with Gasteiger partial charge in [-0.25, -0.2) is 4.98 Å². The minimum atomic E-state index is 0.389. The summed E-state index contributed by atoms with van der Waals surface area (Å²) in [4.78, 5) is 9.82. The van der Waals surface area contributed by atoms with Gasteiger partial charge in [-0.3, -0.25) is 4.90 Å². The summed E-state index contributed by atoms with van der Waals surface area (Å²) in [6.07, 6.45) is 4.67. The SMILES string of the molecule is CCNC(C)c1ccnc(N2CC3CCCN3CC2C)c1. The highest BCUT2D eigenvalue weighted by Crippen LogP contribution is 2.28. The fraction of sp³-hybridized carbons (Fsp3) is 0.706. The number of piperazine rings is 1. The molecule has 2 saturated heterocycles. The lowest BCUT2D eigenvalue weighted by molar-refractivity contribution is 0.202. The molecule has 3 unspecified atom stereocenters. The number of rotatable bonds is 4. The van der Waals surface area contributed by atoms with E-state index >= 15 is 0 Å². The predicted octanol–water partition coefficient (Wildman–Crippen LogP) is 2.43. The molecule has 3 atom stereocenters. The molecule has 0 aliphatic carbocycles. The third-order valence-electron chi connectivity index (χ3n) is 5.01. The van der Waals surface area contributed by atoms with Crippen LogP contribution in [-0.4, -0.2) is 48.1 Å². The summed E-state index contributed by atoms with van der Waals surface area (Å²) in [7, 11) is 0. The predicted molar refractivity (Wildman–Crippen MR) is 87.7 cm³/mol. The molecule has 0 aromatic carbocycles. The number of fused-ring (bicyclic) bond motifs is 1. The van der Waals surface area contributed by atoms with Gasteiger partial charge in [-0.05, 0) is 57.5 Å². The molecule has 0 saturated carbocycles. The maximum atomic E-state index is 4.65. The molecular weight excluding hydrogens is 260 g/mol. The van der Waals surface area contributed by atoms with Crippen molar-refractivity contribution in [3.05, 3.63) is 23.9 Å². The second-order valence-electron chi connectivity index (χ2n) is 6.52. The summed E-state index contributed by atoms with van der Waals surface area (Å²) in [6.45, 7) is 11.3. The van der Waals surface area contributed by atoms with E-state index in [0.29, 0.717) is 12.1 Å². The van der Waals surface area contributed by atoms with Crippen molar-refractivity contribution < 1.29 is 0 Å². The van der Waals surface area contributed by atoms with Crippen molar-refractivity contribution in [3.63, 3.8) is 0 Å². The lowest BCUT2D eigenvalue weighted by Gasteiger charge is -2.43.